The van der Waals surface area contributed by atoms with Crippen molar-refractivity contribution in [3.05, 3.63) is 12.2 Å². The Hall–Kier alpha value is -0.260. The molecule has 4 unspecified atom stereocenters. The van der Waals surface area contributed by atoms with Gasteiger partial charge >= 0.3 is 0 Å². The van der Waals surface area contributed by atoms with Crippen molar-refractivity contribution >= 4 is 0 Å². The molecule has 4 atom stereocenters. The molecule has 0 bridgehead atoms. The third kappa shape index (κ3) is 2.70. The lowest BCUT2D eigenvalue weighted by Crippen LogP contribution is -2.30. The zero-order chi connectivity index (χ0) is 11.5. The predicted molar refractivity (Wildman–Crippen MR) is 71.4 cm³/mol. The smallest absolute Gasteiger partial charge is 0.0178 e. The van der Waals surface area contributed by atoms with Crippen molar-refractivity contribution in [3.8, 4) is 0 Å². The Balaban J connectivity index is 2.01. The lowest BCUT2D eigenvalue weighted by molar-refractivity contribution is 0.128. The standard InChI is InChI=1S/C16H28/c1-12(2)15-9-4-5-10-16(15)14-8-6-7-13(3)11-14/h13-16H,1,4-11H2,2-3H3. The molecule has 2 fully saturated rings. The molecule has 0 amide bonds. The van der Waals surface area contributed by atoms with E-state index in [0.717, 1.165) is 23.7 Å². The summed E-state index contributed by atoms with van der Waals surface area (Å²) in [5.74, 6) is 3.83. The van der Waals surface area contributed by atoms with Crippen LogP contribution in [0.1, 0.15) is 65.2 Å². The van der Waals surface area contributed by atoms with Gasteiger partial charge in [-0.2, -0.15) is 0 Å². The van der Waals surface area contributed by atoms with Crippen LogP contribution in [0.4, 0.5) is 0 Å². The van der Waals surface area contributed by atoms with Crippen molar-refractivity contribution in [1.29, 1.82) is 0 Å². The SMILES string of the molecule is C=C(C)C1CCCCC1C1CCCC(C)C1. The van der Waals surface area contributed by atoms with Gasteiger partial charge in [-0.25, -0.2) is 0 Å². The second-order valence-electron chi connectivity index (χ2n) is 6.43. The van der Waals surface area contributed by atoms with Crippen LogP contribution < -0.4 is 0 Å². The Morgan fingerprint density at radius 3 is 2.44 bits per heavy atom. The van der Waals surface area contributed by atoms with Crippen molar-refractivity contribution in [2.24, 2.45) is 23.7 Å². The van der Waals surface area contributed by atoms with Gasteiger partial charge in [-0.1, -0.05) is 51.2 Å². The number of rotatable bonds is 2. The molecule has 0 aromatic heterocycles. The number of hydrogen-bond donors (Lipinski definition) is 0. The van der Waals surface area contributed by atoms with E-state index in [9.17, 15) is 0 Å². The van der Waals surface area contributed by atoms with Crippen molar-refractivity contribution in [3.63, 3.8) is 0 Å². The molecule has 0 nitrogen and oxygen atoms in total. The molecule has 0 heteroatoms. The van der Waals surface area contributed by atoms with Crippen LogP contribution in [0.3, 0.4) is 0 Å². The molecule has 0 spiro atoms. The third-order valence-electron chi connectivity index (χ3n) is 5.03. The first-order valence-electron chi connectivity index (χ1n) is 7.34. The van der Waals surface area contributed by atoms with Crippen molar-refractivity contribution < 1.29 is 0 Å². The summed E-state index contributed by atoms with van der Waals surface area (Å²) < 4.78 is 0. The van der Waals surface area contributed by atoms with E-state index in [4.69, 9.17) is 0 Å². The van der Waals surface area contributed by atoms with E-state index in [1.165, 1.54) is 56.9 Å². The van der Waals surface area contributed by atoms with Crippen molar-refractivity contribution in [2.75, 3.05) is 0 Å². The van der Waals surface area contributed by atoms with Gasteiger partial charge in [-0.05, 0) is 49.9 Å². The van der Waals surface area contributed by atoms with E-state index in [-0.39, 0.29) is 0 Å². The molecule has 0 aliphatic heterocycles. The molecular weight excluding hydrogens is 192 g/mol. The monoisotopic (exact) mass is 220 g/mol. The molecule has 0 heterocycles. The maximum Gasteiger partial charge on any atom is -0.0178 e. The first-order chi connectivity index (χ1) is 7.68. The Morgan fingerprint density at radius 1 is 1.00 bits per heavy atom. The fraction of sp³-hybridized carbons (Fsp3) is 0.875. The van der Waals surface area contributed by atoms with Gasteiger partial charge in [0.05, 0.1) is 0 Å². The van der Waals surface area contributed by atoms with E-state index >= 15 is 0 Å². The second-order valence-corrected chi connectivity index (χ2v) is 6.43. The summed E-state index contributed by atoms with van der Waals surface area (Å²) in [6.07, 6.45) is 11.8. The molecule has 0 aromatic rings. The topological polar surface area (TPSA) is 0 Å². The van der Waals surface area contributed by atoms with Crippen molar-refractivity contribution in [1.82, 2.24) is 0 Å². The Kier molecular flexibility index (Phi) is 4.10. The van der Waals surface area contributed by atoms with Crippen LogP contribution in [-0.2, 0) is 0 Å². The fourth-order valence-corrected chi connectivity index (χ4v) is 4.21. The van der Waals surface area contributed by atoms with E-state index in [1.54, 1.807) is 0 Å². The highest BCUT2D eigenvalue weighted by atomic mass is 14.4. The first kappa shape index (κ1) is 12.2. The first-order valence-corrected chi connectivity index (χ1v) is 7.34. The quantitative estimate of drug-likeness (QED) is 0.561. The predicted octanol–water partition coefficient (Wildman–Crippen LogP) is 5.20. The highest BCUT2D eigenvalue weighted by Gasteiger charge is 2.33. The molecule has 0 N–H and O–H groups in total. The minimum Gasteiger partial charge on any atom is -0.0999 e. The lowest BCUT2D eigenvalue weighted by Gasteiger charge is -2.41. The van der Waals surface area contributed by atoms with Crippen LogP contribution in [0.2, 0.25) is 0 Å². The molecule has 16 heavy (non-hydrogen) atoms. The van der Waals surface area contributed by atoms with Crippen LogP contribution in [0.25, 0.3) is 0 Å². The zero-order valence-corrected chi connectivity index (χ0v) is 11.2. The molecule has 2 saturated carbocycles. The van der Waals surface area contributed by atoms with Gasteiger partial charge in [0.2, 0.25) is 0 Å². The zero-order valence-electron chi connectivity index (χ0n) is 11.2. The highest BCUT2D eigenvalue weighted by molar-refractivity contribution is 5.02. The van der Waals surface area contributed by atoms with Crippen LogP contribution >= 0.6 is 0 Å². The maximum atomic E-state index is 4.24. The van der Waals surface area contributed by atoms with Gasteiger partial charge in [-0.15, -0.1) is 0 Å². The molecule has 2 aliphatic carbocycles. The average molecular weight is 220 g/mol. The summed E-state index contributed by atoms with van der Waals surface area (Å²) in [6.45, 7) is 8.95. The molecule has 0 radical (unpaired) electrons. The Bertz CT molecular complexity index is 240. The molecular formula is C16H28. The minimum absolute atomic E-state index is 0.851. The summed E-state index contributed by atoms with van der Waals surface area (Å²) in [5, 5.41) is 0. The largest absolute Gasteiger partial charge is 0.0999 e. The molecule has 0 aromatic carbocycles. The van der Waals surface area contributed by atoms with E-state index < -0.39 is 0 Å². The summed E-state index contributed by atoms with van der Waals surface area (Å²) in [4.78, 5) is 0. The summed E-state index contributed by atoms with van der Waals surface area (Å²) >= 11 is 0. The van der Waals surface area contributed by atoms with E-state index in [1.807, 2.05) is 0 Å². The second kappa shape index (κ2) is 5.38. The summed E-state index contributed by atoms with van der Waals surface area (Å²) in [7, 11) is 0. The molecule has 2 aliphatic rings. The van der Waals surface area contributed by atoms with Crippen LogP contribution in [0.15, 0.2) is 12.2 Å². The number of allylic oxidation sites excluding steroid dienone is 1. The Morgan fingerprint density at radius 2 is 1.75 bits per heavy atom. The van der Waals surface area contributed by atoms with Crippen LogP contribution in [0, 0.1) is 23.7 Å². The maximum absolute atomic E-state index is 4.24. The average Bonchev–Trinajstić information content (AvgIpc) is 2.29. The van der Waals surface area contributed by atoms with Gasteiger partial charge in [-0.3, -0.25) is 0 Å². The van der Waals surface area contributed by atoms with Gasteiger partial charge < -0.3 is 0 Å². The van der Waals surface area contributed by atoms with Crippen LogP contribution in [0.5, 0.6) is 0 Å². The van der Waals surface area contributed by atoms with Gasteiger partial charge in [0.15, 0.2) is 0 Å². The van der Waals surface area contributed by atoms with Crippen molar-refractivity contribution in [2.45, 2.75) is 65.2 Å². The van der Waals surface area contributed by atoms with E-state index in [0.29, 0.717) is 0 Å². The van der Waals surface area contributed by atoms with Crippen LogP contribution in [-0.4, -0.2) is 0 Å². The highest BCUT2D eigenvalue weighted by Crippen LogP contribution is 2.44. The Labute approximate surface area is 102 Å². The summed E-state index contributed by atoms with van der Waals surface area (Å²) in [6, 6.07) is 0. The van der Waals surface area contributed by atoms with Gasteiger partial charge in [0, 0.05) is 0 Å². The third-order valence-corrected chi connectivity index (χ3v) is 5.03. The minimum atomic E-state index is 0.851. The molecule has 92 valence electrons. The summed E-state index contributed by atoms with van der Waals surface area (Å²) in [5.41, 5.74) is 1.46. The van der Waals surface area contributed by atoms with E-state index in [2.05, 4.69) is 20.4 Å². The fourth-order valence-electron chi connectivity index (χ4n) is 4.21. The molecule has 0 saturated heterocycles. The van der Waals surface area contributed by atoms with Gasteiger partial charge in [0.1, 0.15) is 0 Å². The molecule has 2 rings (SSSR count). The normalized spacial score (nSPS) is 40.6. The van der Waals surface area contributed by atoms with Gasteiger partial charge in [0.25, 0.3) is 0 Å². The lowest BCUT2D eigenvalue weighted by atomic mass is 9.65. The number of hydrogen-bond acceptors (Lipinski definition) is 0.